The predicted octanol–water partition coefficient (Wildman–Crippen LogP) is 0.509. The SMILES string of the molecule is NNc1ncc(S(=O)(=O)N2CCc3ccccc3C2)cn1. The summed E-state index contributed by atoms with van der Waals surface area (Å²) in [7, 11) is -3.59. The lowest BCUT2D eigenvalue weighted by Gasteiger charge is -2.27. The highest BCUT2D eigenvalue weighted by atomic mass is 32.2. The first-order valence-electron chi connectivity index (χ1n) is 6.47. The van der Waals surface area contributed by atoms with Crippen LogP contribution in [0.25, 0.3) is 0 Å². The molecule has 1 aromatic heterocycles. The maximum atomic E-state index is 12.6. The number of nitrogens with two attached hydrogens (primary N) is 1. The van der Waals surface area contributed by atoms with Crippen molar-refractivity contribution in [3.05, 3.63) is 47.8 Å². The number of benzene rings is 1. The second-order valence-electron chi connectivity index (χ2n) is 4.74. The van der Waals surface area contributed by atoms with Crippen molar-refractivity contribution >= 4 is 16.0 Å². The maximum Gasteiger partial charge on any atom is 0.246 e. The Morgan fingerprint density at radius 2 is 1.81 bits per heavy atom. The van der Waals surface area contributed by atoms with Crippen molar-refractivity contribution in [2.24, 2.45) is 5.84 Å². The minimum absolute atomic E-state index is 0.0703. The normalized spacial score (nSPS) is 15.5. The molecule has 0 saturated heterocycles. The van der Waals surface area contributed by atoms with Gasteiger partial charge in [0, 0.05) is 13.1 Å². The molecule has 0 spiro atoms. The molecule has 0 amide bonds. The van der Waals surface area contributed by atoms with Gasteiger partial charge in [-0.25, -0.2) is 24.2 Å². The van der Waals surface area contributed by atoms with Crippen molar-refractivity contribution in [2.45, 2.75) is 17.9 Å². The molecule has 0 aliphatic carbocycles. The Labute approximate surface area is 122 Å². The van der Waals surface area contributed by atoms with E-state index in [9.17, 15) is 8.42 Å². The molecule has 0 saturated carbocycles. The Morgan fingerprint density at radius 3 is 2.48 bits per heavy atom. The summed E-state index contributed by atoms with van der Waals surface area (Å²) >= 11 is 0. The van der Waals surface area contributed by atoms with E-state index in [1.54, 1.807) is 0 Å². The molecule has 3 rings (SSSR count). The van der Waals surface area contributed by atoms with Crippen molar-refractivity contribution in [2.75, 3.05) is 12.0 Å². The highest BCUT2D eigenvalue weighted by molar-refractivity contribution is 7.89. The van der Waals surface area contributed by atoms with Crippen LogP contribution in [0.2, 0.25) is 0 Å². The number of hydrogen-bond acceptors (Lipinski definition) is 6. The van der Waals surface area contributed by atoms with E-state index in [1.807, 2.05) is 24.3 Å². The first-order chi connectivity index (χ1) is 10.1. The number of fused-ring (bicyclic) bond motifs is 1. The molecule has 0 atom stereocenters. The number of rotatable bonds is 3. The third-order valence-electron chi connectivity index (χ3n) is 3.49. The zero-order valence-electron chi connectivity index (χ0n) is 11.2. The van der Waals surface area contributed by atoms with Gasteiger partial charge in [-0.05, 0) is 17.5 Å². The van der Waals surface area contributed by atoms with Crippen LogP contribution in [0, 0.1) is 0 Å². The zero-order chi connectivity index (χ0) is 14.9. The lowest BCUT2D eigenvalue weighted by atomic mass is 10.0. The number of hydrogen-bond donors (Lipinski definition) is 2. The Balaban J connectivity index is 1.89. The number of nitrogen functional groups attached to an aromatic ring is 1. The van der Waals surface area contributed by atoms with Crippen LogP contribution in [0.4, 0.5) is 5.95 Å². The van der Waals surface area contributed by atoms with E-state index in [0.29, 0.717) is 19.5 Å². The standard InChI is InChI=1S/C13H15N5O2S/c14-17-13-15-7-12(8-16-13)21(19,20)18-6-5-10-3-1-2-4-11(10)9-18/h1-4,7-8H,5-6,9,14H2,(H,15,16,17). The van der Waals surface area contributed by atoms with Gasteiger partial charge in [-0.2, -0.15) is 4.31 Å². The van der Waals surface area contributed by atoms with Gasteiger partial charge in [0.25, 0.3) is 0 Å². The van der Waals surface area contributed by atoms with Gasteiger partial charge in [0.05, 0.1) is 12.4 Å². The molecule has 21 heavy (non-hydrogen) atoms. The molecule has 2 heterocycles. The van der Waals surface area contributed by atoms with Crippen LogP contribution in [-0.4, -0.2) is 29.2 Å². The first-order valence-corrected chi connectivity index (χ1v) is 7.91. The smallest absolute Gasteiger partial charge is 0.246 e. The van der Waals surface area contributed by atoms with Crippen LogP contribution < -0.4 is 11.3 Å². The second-order valence-corrected chi connectivity index (χ2v) is 6.68. The largest absolute Gasteiger partial charge is 0.292 e. The molecule has 3 N–H and O–H groups in total. The summed E-state index contributed by atoms with van der Waals surface area (Å²) in [5.74, 6) is 5.35. The van der Waals surface area contributed by atoms with Crippen LogP contribution >= 0.6 is 0 Å². The molecule has 0 radical (unpaired) electrons. The van der Waals surface area contributed by atoms with Crippen LogP contribution in [0.1, 0.15) is 11.1 Å². The van der Waals surface area contributed by atoms with Crippen LogP contribution in [0.3, 0.4) is 0 Å². The second kappa shape index (κ2) is 5.40. The van der Waals surface area contributed by atoms with Gasteiger partial charge in [0.15, 0.2) is 0 Å². The Morgan fingerprint density at radius 1 is 1.14 bits per heavy atom. The summed E-state index contributed by atoms with van der Waals surface area (Å²) in [6, 6.07) is 7.87. The monoisotopic (exact) mass is 305 g/mol. The summed E-state index contributed by atoms with van der Waals surface area (Å²) in [4.78, 5) is 7.77. The average molecular weight is 305 g/mol. The van der Waals surface area contributed by atoms with E-state index in [4.69, 9.17) is 5.84 Å². The van der Waals surface area contributed by atoms with Gasteiger partial charge in [0.1, 0.15) is 4.90 Å². The number of aromatic nitrogens is 2. The summed E-state index contributed by atoms with van der Waals surface area (Å²) in [6.07, 6.45) is 3.23. The maximum absolute atomic E-state index is 12.6. The number of nitrogens with zero attached hydrogens (tertiary/aromatic N) is 3. The highest BCUT2D eigenvalue weighted by Gasteiger charge is 2.28. The fraction of sp³-hybridized carbons (Fsp3) is 0.231. The summed E-state index contributed by atoms with van der Waals surface area (Å²) < 4.78 is 26.6. The van der Waals surface area contributed by atoms with E-state index in [2.05, 4.69) is 15.4 Å². The molecule has 0 fully saturated rings. The summed E-state index contributed by atoms with van der Waals surface area (Å²) in [5, 5.41) is 0. The number of sulfonamides is 1. The molecule has 0 bridgehead atoms. The van der Waals surface area contributed by atoms with E-state index in [-0.39, 0.29) is 10.8 Å². The van der Waals surface area contributed by atoms with Gasteiger partial charge >= 0.3 is 0 Å². The Kier molecular flexibility index (Phi) is 3.58. The van der Waals surface area contributed by atoms with Crippen LogP contribution in [0.5, 0.6) is 0 Å². The molecule has 110 valence electrons. The van der Waals surface area contributed by atoms with Crippen molar-refractivity contribution in [3.63, 3.8) is 0 Å². The first kappa shape index (κ1) is 13.9. The molecule has 1 aromatic carbocycles. The fourth-order valence-corrected chi connectivity index (χ4v) is 3.66. The number of hydrazine groups is 1. The molecular weight excluding hydrogens is 290 g/mol. The van der Waals surface area contributed by atoms with E-state index in [0.717, 1.165) is 5.56 Å². The average Bonchev–Trinajstić information content (AvgIpc) is 2.54. The lowest BCUT2D eigenvalue weighted by molar-refractivity contribution is 0.391. The Bertz CT molecular complexity index is 745. The van der Waals surface area contributed by atoms with E-state index >= 15 is 0 Å². The lowest BCUT2D eigenvalue weighted by Crippen LogP contribution is -2.36. The predicted molar refractivity (Wildman–Crippen MR) is 77.6 cm³/mol. The minimum atomic E-state index is -3.59. The van der Waals surface area contributed by atoms with Gasteiger partial charge in [-0.3, -0.25) is 5.43 Å². The van der Waals surface area contributed by atoms with Gasteiger partial charge < -0.3 is 0 Å². The topological polar surface area (TPSA) is 101 Å². The summed E-state index contributed by atoms with van der Waals surface area (Å²) in [5.41, 5.74) is 4.50. The van der Waals surface area contributed by atoms with Gasteiger partial charge in [0.2, 0.25) is 16.0 Å². The third kappa shape index (κ3) is 2.60. The Hall–Kier alpha value is -2.03. The van der Waals surface area contributed by atoms with Crippen molar-refractivity contribution < 1.29 is 8.42 Å². The third-order valence-corrected chi connectivity index (χ3v) is 5.29. The molecule has 0 unspecified atom stereocenters. The van der Waals surface area contributed by atoms with Crippen LogP contribution in [-0.2, 0) is 23.0 Å². The van der Waals surface area contributed by atoms with Crippen molar-refractivity contribution in [1.82, 2.24) is 14.3 Å². The zero-order valence-corrected chi connectivity index (χ0v) is 12.0. The quantitative estimate of drug-likeness (QED) is 0.633. The van der Waals surface area contributed by atoms with Crippen molar-refractivity contribution in [3.8, 4) is 0 Å². The highest BCUT2D eigenvalue weighted by Crippen LogP contribution is 2.24. The minimum Gasteiger partial charge on any atom is -0.292 e. The molecule has 7 nitrogen and oxygen atoms in total. The fourth-order valence-electron chi connectivity index (χ4n) is 2.35. The van der Waals surface area contributed by atoms with E-state index < -0.39 is 10.0 Å². The van der Waals surface area contributed by atoms with E-state index in [1.165, 1.54) is 22.3 Å². The molecule has 1 aliphatic rings. The van der Waals surface area contributed by atoms with Crippen molar-refractivity contribution in [1.29, 1.82) is 0 Å². The number of anilines is 1. The molecular formula is C13H15N5O2S. The molecule has 2 aromatic rings. The van der Waals surface area contributed by atoms with Gasteiger partial charge in [-0.15, -0.1) is 0 Å². The van der Waals surface area contributed by atoms with Crippen LogP contribution in [0.15, 0.2) is 41.6 Å². The number of nitrogens with one attached hydrogen (secondary N) is 1. The molecule has 8 heteroatoms. The summed E-state index contributed by atoms with van der Waals surface area (Å²) in [6.45, 7) is 0.825. The van der Waals surface area contributed by atoms with Gasteiger partial charge in [-0.1, -0.05) is 24.3 Å². The molecule has 1 aliphatic heterocycles.